The molecular formula is C15H21BrN2O2. The Bertz CT molecular complexity index is 473. The number of ether oxygens (including phenoxy) is 1. The molecule has 4 nitrogen and oxygen atoms in total. The predicted octanol–water partition coefficient (Wildman–Crippen LogP) is 2.69. The van der Waals surface area contributed by atoms with Crippen molar-refractivity contribution in [3.05, 3.63) is 34.8 Å². The van der Waals surface area contributed by atoms with E-state index in [1.165, 1.54) is 0 Å². The van der Waals surface area contributed by atoms with Crippen LogP contribution >= 0.6 is 15.9 Å². The lowest BCUT2D eigenvalue weighted by atomic mass is 9.99. The van der Waals surface area contributed by atoms with Gasteiger partial charge in [0.1, 0.15) is 0 Å². The van der Waals surface area contributed by atoms with E-state index in [-0.39, 0.29) is 11.8 Å². The topological polar surface area (TPSA) is 44.7 Å². The molecule has 1 atom stereocenters. The molecule has 1 heterocycles. The molecule has 2 N–H and O–H groups in total. The van der Waals surface area contributed by atoms with Gasteiger partial charge in [0, 0.05) is 42.3 Å². The number of rotatable bonds is 5. The highest BCUT2D eigenvalue weighted by Gasteiger charge is 2.26. The first-order valence-electron chi connectivity index (χ1n) is 6.80. The van der Waals surface area contributed by atoms with Crippen molar-refractivity contribution in [1.29, 1.82) is 0 Å². The van der Waals surface area contributed by atoms with E-state index in [1.807, 2.05) is 12.1 Å². The van der Waals surface area contributed by atoms with Gasteiger partial charge in [0.15, 0.2) is 11.5 Å². The van der Waals surface area contributed by atoms with Gasteiger partial charge in [-0.15, -0.1) is 6.58 Å². The van der Waals surface area contributed by atoms with Gasteiger partial charge in [-0.1, -0.05) is 22.0 Å². The number of hydrogen-bond donors (Lipinski definition) is 2. The molecule has 1 aromatic rings. The molecule has 0 unspecified atom stereocenters. The van der Waals surface area contributed by atoms with Crippen LogP contribution in [0.15, 0.2) is 29.3 Å². The van der Waals surface area contributed by atoms with E-state index in [0.717, 1.165) is 42.6 Å². The molecule has 1 aliphatic heterocycles. The van der Waals surface area contributed by atoms with Crippen LogP contribution in [0.2, 0.25) is 0 Å². The van der Waals surface area contributed by atoms with Crippen LogP contribution in [0.1, 0.15) is 18.0 Å². The van der Waals surface area contributed by atoms with Crippen molar-refractivity contribution in [2.24, 2.45) is 0 Å². The molecule has 1 saturated heterocycles. The Morgan fingerprint density at radius 1 is 1.50 bits per heavy atom. The normalized spacial score (nSPS) is 17.7. The molecular weight excluding hydrogens is 320 g/mol. The second-order valence-corrected chi connectivity index (χ2v) is 5.69. The number of piperazine rings is 1. The molecule has 0 saturated carbocycles. The lowest BCUT2D eigenvalue weighted by Gasteiger charge is -2.35. The van der Waals surface area contributed by atoms with Crippen LogP contribution in [0.25, 0.3) is 0 Å². The van der Waals surface area contributed by atoms with E-state index in [1.54, 1.807) is 13.2 Å². The van der Waals surface area contributed by atoms with Crippen molar-refractivity contribution in [2.75, 3.05) is 33.3 Å². The second-order valence-electron chi connectivity index (χ2n) is 4.84. The van der Waals surface area contributed by atoms with E-state index in [2.05, 4.69) is 32.7 Å². The Hall–Kier alpha value is -1.04. The minimum atomic E-state index is 0.110. The van der Waals surface area contributed by atoms with Crippen LogP contribution in [0.5, 0.6) is 11.5 Å². The van der Waals surface area contributed by atoms with Gasteiger partial charge in [-0.25, -0.2) is 0 Å². The molecule has 110 valence electrons. The van der Waals surface area contributed by atoms with Gasteiger partial charge >= 0.3 is 0 Å². The monoisotopic (exact) mass is 340 g/mol. The quantitative estimate of drug-likeness (QED) is 0.809. The fourth-order valence-electron chi connectivity index (χ4n) is 2.65. The first-order valence-corrected chi connectivity index (χ1v) is 7.59. The number of phenolic OH excluding ortho intramolecular Hbond substituents is 1. The SMILES string of the molecule is C=CC[C@@H](c1c(Br)ccc(OC)c1O)N1CCNCC1. The molecule has 0 amide bonds. The molecule has 0 aromatic heterocycles. The average molecular weight is 341 g/mol. The Morgan fingerprint density at radius 2 is 2.20 bits per heavy atom. The van der Waals surface area contributed by atoms with Crippen molar-refractivity contribution in [3.8, 4) is 11.5 Å². The van der Waals surface area contributed by atoms with Gasteiger partial charge < -0.3 is 15.2 Å². The van der Waals surface area contributed by atoms with Crippen LogP contribution < -0.4 is 10.1 Å². The molecule has 1 aromatic carbocycles. The molecule has 0 radical (unpaired) electrons. The maximum absolute atomic E-state index is 10.5. The number of halogens is 1. The van der Waals surface area contributed by atoms with Crippen molar-refractivity contribution in [2.45, 2.75) is 12.5 Å². The minimum absolute atomic E-state index is 0.110. The van der Waals surface area contributed by atoms with Gasteiger partial charge in [0.2, 0.25) is 0 Å². The fraction of sp³-hybridized carbons (Fsp3) is 0.467. The van der Waals surface area contributed by atoms with Crippen molar-refractivity contribution in [3.63, 3.8) is 0 Å². The smallest absolute Gasteiger partial charge is 0.163 e. The Balaban J connectivity index is 2.39. The van der Waals surface area contributed by atoms with Gasteiger partial charge in [-0.05, 0) is 18.6 Å². The van der Waals surface area contributed by atoms with Crippen LogP contribution in [0.4, 0.5) is 0 Å². The molecule has 0 aliphatic carbocycles. The summed E-state index contributed by atoms with van der Waals surface area (Å²) >= 11 is 3.56. The van der Waals surface area contributed by atoms with Crippen molar-refractivity contribution < 1.29 is 9.84 Å². The van der Waals surface area contributed by atoms with Crippen LogP contribution in [-0.2, 0) is 0 Å². The lowest BCUT2D eigenvalue weighted by molar-refractivity contribution is 0.171. The third kappa shape index (κ3) is 3.16. The summed E-state index contributed by atoms with van der Waals surface area (Å²) < 4.78 is 6.13. The largest absolute Gasteiger partial charge is 0.504 e. The summed E-state index contributed by atoms with van der Waals surface area (Å²) in [6, 6.07) is 3.80. The number of aromatic hydroxyl groups is 1. The van der Waals surface area contributed by atoms with Gasteiger partial charge in [-0.2, -0.15) is 0 Å². The maximum atomic E-state index is 10.5. The summed E-state index contributed by atoms with van der Waals surface area (Å²) in [5.41, 5.74) is 0.881. The van der Waals surface area contributed by atoms with Gasteiger partial charge in [0.25, 0.3) is 0 Å². The molecule has 20 heavy (non-hydrogen) atoms. The molecule has 1 aliphatic rings. The second kappa shape index (κ2) is 7.11. The number of nitrogens with zero attached hydrogens (tertiary/aromatic N) is 1. The zero-order valence-corrected chi connectivity index (χ0v) is 13.3. The molecule has 0 bridgehead atoms. The summed E-state index contributed by atoms with van der Waals surface area (Å²) in [5, 5.41) is 13.8. The highest BCUT2D eigenvalue weighted by molar-refractivity contribution is 9.10. The van der Waals surface area contributed by atoms with E-state index in [4.69, 9.17) is 4.74 Å². The van der Waals surface area contributed by atoms with Gasteiger partial charge in [0.05, 0.1) is 7.11 Å². The lowest BCUT2D eigenvalue weighted by Crippen LogP contribution is -2.45. The van der Waals surface area contributed by atoms with E-state index in [0.29, 0.717) is 5.75 Å². The molecule has 0 spiro atoms. The molecule has 1 fully saturated rings. The Labute approximate surface area is 128 Å². The summed E-state index contributed by atoms with van der Waals surface area (Å²) in [4.78, 5) is 2.37. The molecule has 5 heteroatoms. The maximum Gasteiger partial charge on any atom is 0.163 e. The number of benzene rings is 1. The third-order valence-corrected chi connectivity index (χ3v) is 4.35. The first kappa shape index (κ1) is 15.4. The number of hydrogen-bond acceptors (Lipinski definition) is 4. The fourth-order valence-corrected chi connectivity index (χ4v) is 3.23. The minimum Gasteiger partial charge on any atom is -0.504 e. The summed E-state index contributed by atoms with van der Waals surface area (Å²) in [5.74, 6) is 0.722. The third-order valence-electron chi connectivity index (χ3n) is 3.66. The van der Waals surface area contributed by atoms with Crippen LogP contribution in [-0.4, -0.2) is 43.3 Å². The van der Waals surface area contributed by atoms with E-state index < -0.39 is 0 Å². The van der Waals surface area contributed by atoms with E-state index in [9.17, 15) is 5.11 Å². The van der Waals surface area contributed by atoms with Crippen molar-refractivity contribution >= 4 is 15.9 Å². The summed E-state index contributed by atoms with van der Waals surface area (Å²) in [7, 11) is 1.57. The predicted molar refractivity (Wildman–Crippen MR) is 84.4 cm³/mol. The van der Waals surface area contributed by atoms with Crippen LogP contribution in [0.3, 0.4) is 0 Å². The zero-order chi connectivity index (χ0) is 14.5. The highest BCUT2D eigenvalue weighted by atomic mass is 79.9. The van der Waals surface area contributed by atoms with Crippen molar-refractivity contribution in [1.82, 2.24) is 10.2 Å². The summed E-state index contributed by atoms with van der Waals surface area (Å²) in [6.07, 6.45) is 2.69. The highest BCUT2D eigenvalue weighted by Crippen LogP contribution is 2.42. The van der Waals surface area contributed by atoms with E-state index >= 15 is 0 Å². The number of nitrogens with one attached hydrogen (secondary N) is 1. The van der Waals surface area contributed by atoms with Crippen LogP contribution in [0, 0.1) is 0 Å². The number of methoxy groups -OCH3 is 1. The average Bonchev–Trinajstić information content (AvgIpc) is 2.47. The number of phenols is 1. The molecule has 2 rings (SSSR count). The first-order chi connectivity index (χ1) is 9.69. The zero-order valence-electron chi connectivity index (χ0n) is 11.7. The van der Waals surface area contributed by atoms with Gasteiger partial charge in [-0.3, -0.25) is 4.90 Å². The summed E-state index contributed by atoms with van der Waals surface area (Å²) in [6.45, 7) is 7.71. The Morgan fingerprint density at radius 3 is 2.80 bits per heavy atom. The standard InChI is InChI=1S/C15H21BrN2O2/c1-3-4-12(18-9-7-17-8-10-18)14-11(16)5-6-13(20-2)15(14)19/h3,5-6,12,17,19H,1,4,7-10H2,2H3/t12-/m0/s1. The Kier molecular flexibility index (Phi) is 5.46.